The molecule has 1 amide bonds. The number of carbonyl (C=O) groups excluding carboxylic acids is 1. The molecule has 5 heteroatoms. The van der Waals surface area contributed by atoms with Crippen LogP contribution in [0.5, 0.6) is 11.5 Å². The molecule has 0 spiro atoms. The number of nitrogens with one attached hydrogen (secondary N) is 1. The summed E-state index contributed by atoms with van der Waals surface area (Å²) in [5.74, 6) is 1.02. The molecule has 3 aromatic carbocycles. The number of anilines is 3. The van der Waals surface area contributed by atoms with Crippen LogP contribution in [0.15, 0.2) is 78.9 Å². The third-order valence-electron chi connectivity index (χ3n) is 4.76. The normalized spacial score (nSPS) is 15.1. The van der Waals surface area contributed by atoms with Gasteiger partial charge >= 0.3 is 0 Å². The quantitative estimate of drug-likeness (QED) is 0.667. The van der Waals surface area contributed by atoms with Crippen LogP contribution in [0.3, 0.4) is 0 Å². The summed E-state index contributed by atoms with van der Waals surface area (Å²) in [7, 11) is 0. The molecule has 1 aliphatic rings. The van der Waals surface area contributed by atoms with Crippen LogP contribution in [0.1, 0.15) is 13.8 Å². The van der Waals surface area contributed by atoms with Gasteiger partial charge in [0.2, 0.25) is 6.10 Å². The molecular formula is C24H24N2O3. The summed E-state index contributed by atoms with van der Waals surface area (Å²) in [5.41, 5.74) is 2.92. The standard InChI is InChI=1S/C24H24N2O3/c1-17(2)26(19-8-4-3-5-9-19)20-14-12-18(13-15-20)25-24(27)23-16-28-21-10-6-7-11-22(21)29-23/h3-15,17,23H,16H2,1-2H3,(H,25,27). The van der Waals surface area contributed by atoms with E-state index >= 15 is 0 Å². The molecule has 0 radical (unpaired) electrons. The van der Waals surface area contributed by atoms with Crippen LogP contribution < -0.4 is 19.7 Å². The van der Waals surface area contributed by atoms with Crippen LogP contribution in [-0.4, -0.2) is 24.7 Å². The molecule has 1 unspecified atom stereocenters. The van der Waals surface area contributed by atoms with Gasteiger partial charge in [-0.2, -0.15) is 0 Å². The lowest BCUT2D eigenvalue weighted by Crippen LogP contribution is -2.40. The summed E-state index contributed by atoms with van der Waals surface area (Å²) >= 11 is 0. The zero-order valence-electron chi connectivity index (χ0n) is 16.5. The van der Waals surface area contributed by atoms with Gasteiger partial charge in [-0.1, -0.05) is 30.3 Å². The van der Waals surface area contributed by atoms with Gasteiger partial charge in [0.05, 0.1) is 0 Å². The Morgan fingerprint density at radius 3 is 2.21 bits per heavy atom. The van der Waals surface area contributed by atoms with Crippen LogP contribution >= 0.6 is 0 Å². The number of ether oxygens (including phenoxy) is 2. The monoisotopic (exact) mass is 388 g/mol. The molecule has 0 aliphatic carbocycles. The second-order valence-corrected chi connectivity index (χ2v) is 7.20. The van der Waals surface area contributed by atoms with E-state index in [1.54, 1.807) is 6.07 Å². The topological polar surface area (TPSA) is 50.8 Å². The van der Waals surface area contributed by atoms with E-state index in [2.05, 4.69) is 36.2 Å². The molecule has 4 rings (SSSR count). The van der Waals surface area contributed by atoms with Gasteiger partial charge in [0, 0.05) is 23.1 Å². The Kier molecular flexibility index (Phi) is 5.38. The van der Waals surface area contributed by atoms with Crippen molar-refractivity contribution >= 4 is 23.0 Å². The molecule has 148 valence electrons. The van der Waals surface area contributed by atoms with Gasteiger partial charge in [-0.25, -0.2) is 0 Å². The zero-order valence-corrected chi connectivity index (χ0v) is 16.5. The van der Waals surface area contributed by atoms with Crippen LogP contribution in [0, 0.1) is 0 Å². The third kappa shape index (κ3) is 4.19. The van der Waals surface area contributed by atoms with Crippen molar-refractivity contribution in [2.24, 2.45) is 0 Å². The highest BCUT2D eigenvalue weighted by molar-refractivity contribution is 5.95. The van der Waals surface area contributed by atoms with E-state index in [9.17, 15) is 4.79 Å². The highest BCUT2D eigenvalue weighted by Crippen LogP contribution is 2.32. The summed E-state index contributed by atoms with van der Waals surface area (Å²) in [6.45, 7) is 4.50. The number of amides is 1. The van der Waals surface area contributed by atoms with Crippen molar-refractivity contribution in [2.75, 3.05) is 16.8 Å². The Bertz CT molecular complexity index is 971. The van der Waals surface area contributed by atoms with Crippen LogP contribution in [0.4, 0.5) is 17.1 Å². The molecule has 29 heavy (non-hydrogen) atoms. The first-order chi connectivity index (χ1) is 14.1. The van der Waals surface area contributed by atoms with Gasteiger partial charge in [0.15, 0.2) is 11.5 Å². The minimum atomic E-state index is -0.680. The lowest BCUT2D eigenvalue weighted by Gasteiger charge is -2.29. The first kappa shape index (κ1) is 18.9. The molecular weight excluding hydrogens is 364 g/mol. The minimum absolute atomic E-state index is 0.191. The Morgan fingerprint density at radius 1 is 0.897 bits per heavy atom. The van der Waals surface area contributed by atoms with Crippen molar-refractivity contribution < 1.29 is 14.3 Å². The van der Waals surface area contributed by atoms with Crippen molar-refractivity contribution in [1.29, 1.82) is 0 Å². The first-order valence-corrected chi connectivity index (χ1v) is 9.75. The Hall–Kier alpha value is -3.47. The van der Waals surface area contributed by atoms with Crippen molar-refractivity contribution in [3.05, 3.63) is 78.9 Å². The number of nitrogens with zero attached hydrogens (tertiary/aromatic N) is 1. The molecule has 1 N–H and O–H groups in total. The van der Waals surface area contributed by atoms with E-state index in [1.807, 2.05) is 60.7 Å². The summed E-state index contributed by atoms with van der Waals surface area (Å²) in [4.78, 5) is 14.8. The van der Waals surface area contributed by atoms with Gasteiger partial charge in [-0.05, 0) is 62.4 Å². The molecule has 0 saturated heterocycles. The highest BCUT2D eigenvalue weighted by atomic mass is 16.6. The van der Waals surface area contributed by atoms with Crippen LogP contribution in [0.25, 0.3) is 0 Å². The maximum atomic E-state index is 12.6. The highest BCUT2D eigenvalue weighted by Gasteiger charge is 2.27. The van der Waals surface area contributed by atoms with Crippen molar-refractivity contribution in [3.63, 3.8) is 0 Å². The van der Waals surface area contributed by atoms with E-state index in [1.165, 1.54) is 0 Å². The summed E-state index contributed by atoms with van der Waals surface area (Å²) in [5, 5.41) is 2.92. The second kappa shape index (κ2) is 8.27. The lowest BCUT2D eigenvalue weighted by atomic mass is 10.1. The average Bonchev–Trinajstić information content (AvgIpc) is 2.75. The van der Waals surface area contributed by atoms with Gasteiger partial charge in [0.1, 0.15) is 6.61 Å². The first-order valence-electron chi connectivity index (χ1n) is 9.75. The fourth-order valence-corrected chi connectivity index (χ4v) is 3.41. The smallest absolute Gasteiger partial charge is 0.269 e. The Morgan fingerprint density at radius 2 is 1.52 bits per heavy atom. The third-order valence-corrected chi connectivity index (χ3v) is 4.76. The summed E-state index contributed by atoms with van der Waals surface area (Å²) in [6, 6.07) is 25.7. The van der Waals surface area contributed by atoms with E-state index in [4.69, 9.17) is 9.47 Å². The van der Waals surface area contributed by atoms with Crippen molar-refractivity contribution in [3.8, 4) is 11.5 Å². The SMILES string of the molecule is CC(C)N(c1ccccc1)c1ccc(NC(=O)C2COc3ccccc3O2)cc1. The number of carbonyl (C=O) groups is 1. The molecule has 5 nitrogen and oxygen atoms in total. The Labute approximate surface area is 170 Å². The van der Waals surface area contributed by atoms with E-state index in [0.717, 1.165) is 17.1 Å². The molecule has 0 bridgehead atoms. The lowest BCUT2D eigenvalue weighted by molar-refractivity contribution is -0.125. The number of benzene rings is 3. The number of para-hydroxylation sites is 3. The molecule has 1 aliphatic heterocycles. The Balaban J connectivity index is 1.45. The van der Waals surface area contributed by atoms with Gasteiger partial charge in [-0.15, -0.1) is 0 Å². The van der Waals surface area contributed by atoms with Crippen LogP contribution in [-0.2, 0) is 4.79 Å². The van der Waals surface area contributed by atoms with Crippen LogP contribution in [0.2, 0.25) is 0 Å². The van der Waals surface area contributed by atoms with Crippen molar-refractivity contribution in [1.82, 2.24) is 0 Å². The molecule has 1 atom stereocenters. The molecule has 0 saturated carbocycles. The predicted octanol–water partition coefficient (Wildman–Crippen LogP) is 5.01. The largest absolute Gasteiger partial charge is 0.485 e. The number of hydrogen-bond acceptors (Lipinski definition) is 4. The summed E-state index contributed by atoms with van der Waals surface area (Å²) in [6.07, 6.45) is -0.680. The molecule has 0 aromatic heterocycles. The van der Waals surface area contributed by atoms with E-state index < -0.39 is 6.10 Å². The average molecular weight is 388 g/mol. The fourth-order valence-electron chi connectivity index (χ4n) is 3.41. The van der Waals surface area contributed by atoms with Gasteiger partial charge in [0.25, 0.3) is 5.91 Å². The second-order valence-electron chi connectivity index (χ2n) is 7.20. The molecule has 3 aromatic rings. The molecule has 1 heterocycles. The zero-order chi connectivity index (χ0) is 20.2. The maximum Gasteiger partial charge on any atom is 0.269 e. The summed E-state index contributed by atoms with van der Waals surface area (Å²) < 4.78 is 11.4. The van der Waals surface area contributed by atoms with Crippen molar-refractivity contribution in [2.45, 2.75) is 26.0 Å². The van der Waals surface area contributed by atoms with Gasteiger partial charge < -0.3 is 19.7 Å². The maximum absolute atomic E-state index is 12.6. The molecule has 0 fully saturated rings. The number of rotatable bonds is 5. The van der Waals surface area contributed by atoms with E-state index in [-0.39, 0.29) is 12.5 Å². The fraction of sp³-hybridized carbons (Fsp3) is 0.208. The van der Waals surface area contributed by atoms with Gasteiger partial charge in [-0.3, -0.25) is 4.79 Å². The predicted molar refractivity (Wildman–Crippen MR) is 115 cm³/mol. The number of fused-ring (bicyclic) bond motifs is 1. The van der Waals surface area contributed by atoms with E-state index in [0.29, 0.717) is 17.5 Å². The number of hydrogen-bond donors (Lipinski definition) is 1. The minimum Gasteiger partial charge on any atom is -0.485 e.